The van der Waals surface area contributed by atoms with Gasteiger partial charge in [0.05, 0.1) is 12.5 Å². The molecule has 5 heteroatoms. The number of unbranched alkanes of at least 4 members (excludes halogenated alkanes) is 7. The molecule has 5 nitrogen and oxygen atoms in total. The van der Waals surface area contributed by atoms with Crippen LogP contribution < -0.4 is 9.47 Å². The third-order valence-corrected chi connectivity index (χ3v) is 7.26. The second-order valence-corrected chi connectivity index (χ2v) is 11.3. The van der Waals surface area contributed by atoms with E-state index in [0.29, 0.717) is 17.5 Å². The van der Waals surface area contributed by atoms with Crippen LogP contribution in [0.15, 0.2) is 60.9 Å². The molecule has 1 heterocycles. The molecule has 0 aliphatic carbocycles. The summed E-state index contributed by atoms with van der Waals surface area (Å²) in [6.45, 7) is 9.36. The predicted octanol–water partition coefficient (Wildman–Crippen LogP) is 9.70. The Hall–Kier alpha value is -3.21. The van der Waals surface area contributed by atoms with Gasteiger partial charge in [-0.3, -0.25) is 4.79 Å². The summed E-state index contributed by atoms with van der Waals surface area (Å²) in [5, 5.41) is 0. The van der Waals surface area contributed by atoms with Gasteiger partial charge in [-0.05, 0) is 60.7 Å². The smallest absolute Gasteiger partial charge is 0.314 e. The molecule has 0 saturated carbocycles. The van der Waals surface area contributed by atoms with Crippen molar-refractivity contribution in [1.82, 2.24) is 9.97 Å². The highest BCUT2D eigenvalue weighted by molar-refractivity contribution is 5.75. The Labute approximate surface area is 241 Å². The molecule has 2 aromatic carbocycles. The first kappa shape index (κ1) is 31.3. The predicted molar refractivity (Wildman–Crippen MR) is 164 cm³/mol. The Morgan fingerprint density at radius 2 is 1.25 bits per heavy atom. The third-order valence-electron chi connectivity index (χ3n) is 7.26. The van der Waals surface area contributed by atoms with E-state index in [9.17, 15) is 4.79 Å². The Kier molecular flexibility index (Phi) is 13.7. The molecule has 1 unspecified atom stereocenters. The van der Waals surface area contributed by atoms with Gasteiger partial charge in [-0.15, -0.1) is 0 Å². The fourth-order valence-corrected chi connectivity index (χ4v) is 4.63. The highest BCUT2D eigenvalue weighted by atomic mass is 16.5. The molecule has 0 spiro atoms. The summed E-state index contributed by atoms with van der Waals surface area (Å²) in [6.07, 6.45) is 17.1. The van der Waals surface area contributed by atoms with Gasteiger partial charge in [0, 0.05) is 23.5 Å². The summed E-state index contributed by atoms with van der Waals surface area (Å²) in [5.41, 5.74) is 2.88. The number of carbonyl (C=O) groups excluding carboxylic acids is 1. The zero-order valence-electron chi connectivity index (χ0n) is 25.0. The quantitative estimate of drug-likeness (QED) is 0.0906. The zero-order chi connectivity index (χ0) is 28.6. The third kappa shape index (κ3) is 11.1. The number of carbonyl (C=O) groups is 1. The largest absolute Gasteiger partial charge is 0.494 e. The molecule has 0 radical (unpaired) electrons. The lowest BCUT2D eigenvalue weighted by atomic mass is 10.00. The van der Waals surface area contributed by atoms with E-state index in [4.69, 9.17) is 9.47 Å². The van der Waals surface area contributed by atoms with E-state index in [1.807, 2.05) is 43.6 Å². The van der Waals surface area contributed by atoms with Crippen LogP contribution in [0, 0.1) is 11.8 Å². The van der Waals surface area contributed by atoms with E-state index in [1.54, 1.807) is 12.1 Å². The van der Waals surface area contributed by atoms with Crippen molar-refractivity contribution in [3.8, 4) is 34.0 Å². The fraction of sp³-hybridized carbons (Fsp3) is 0.514. The van der Waals surface area contributed by atoms with Crippen LogP contribution in [0.2, 0.25) is 0 Å². The molecule has 0 aliphatic heterocycles. The van der Waals surface area contributed by atoms with Crippen LogP contribution >= 0.6 is 0 Å². The number of rotatable bonds is 18. The number of hydrogen-bond donors (Lipinski definition) is 0. The number of hydrogen-bond acceptors (Lipinski definition) is 5. The minimum absolute atomic E-state index is 0.107. The molecule has 3 rings (SSSR count). The maximum absolute atomic E-state index is 12.4. The molecule has 0 N–H and O–H groups in total. The molecule has 1 atom stereocenters. The molecule has 0 amide bonds. The maximum Gasteiger partial charge on any atom is 0.314 e. The van der Waals surface area contributed by atoms with Crippen molar-refractivity contribution in [2.45, 2.75) is 98.3 Å². The van der Waals surface area contributed by atoms with Gasteiger partial charge in [-0.2, -0.15) is 0 Å². The molecule has 0 saturated heterocycles. The lowest BCUT2D eigenvalue weighted by Crippen LogP contribution is -2.17. The van der Waals surface area contributed by atoms with Gasteiger partial charge >= 0.3 is 5.97 Å². The van der Waals surface area contributed by atoms with E-state index < -0.39 is 0 Å². The van der Waals surface area contributed by atoms with Crippen LogP contribution in [0.4, 0.5) is 0 Å². The Morgan fingerprint density at radius 1 is 0.675 bits per heavy atom. The van der Waals surface area contributed by atoms with Gasteiger partial charge in [0.15, 0.2) is 5.82 Å². The molecular formula is C35H48N2O3. The summed E-state index contributed by atoms with van der Waals surface area (Å²) in [7, 11) is 0. The first-order valence-corrected chi connectivity index (χ1v) is 15.3. The van der Waals surface area contributed by atoms with Crippen LogP contribution in [0.3, 0.4) is 0 Å². The molecule has 0 aliphatic rings. The van der Waals surface area contributed by atoms with Gasteiger partial charge in [0.25, 0.3) is 0 Å². The average molecular weight is 545 g/mol. The Balaban J connectivity index is 1.43. The van der Waals surface area contributed by atoms with Crippen LogP contribution in [0.1, 0.15) is 98.3 Å². The maximum atomic E-state index is 12.4. The average Bonchev–Trinajstić information content (AvgIpc) is 2.97. The van der Waals surface area contributed by atoms with Gasteiger partial charge < -0.3 is 9.47 Å². The second-order valence-electron chi connectivity index (χ2n) is 11.3. The van der Waals surface area contributed by atoms with Crippen molar-refractivity contribution in [3.05, 3.63) is 60.9 Å². The van der Waals surface area contributed by atoms with Crippen molar-refractivity contribution in [2.24, 2.45) is 11.8 Å². The zero-order valence-corrected chi connectivity index (χ0v) is 25.0. The first-order chi connectivity index (χ1) is 19.5. The van der Waals surface area contributed by atoms with Crippen molar-refractivity contribution in [1.29, 1.82) is 0 Å². The summed E-state index contributed by atoms with van der Waals surface area (Å²) in [4.78, 5) is 21.5. The van der Waals surface area contributed by atoms with Crippen molar-refractivity contribution in [3.63, 3.8) is 0 Å². The molecule has 40 heavy (non-hydrogen) atoms. The summed E-state index contributed by atoms with van der Waals surface area (Å²) in [6, 6.07) is 15.5. The van der Waals surface area contributed by atoms with Crippen molar-refractivity contribution < 1.29 is 14.3 Å². The number of esters is 1. The molecule has 3 aromatic rings. The van der Waals surface area contributed by atoms with Gasteiger partial charge in [0.1, 0.15) is 11.5 Å². The molecule has 0 bridgehead atoms. The van der Waals surface area contributed by atoms with Crippen LogP contribution in [-0.4, -0.2) is 22.5 Å². The molecule has 0 fully saturated rings. The van der Waals surface area contributed by atoms with Crippen LogP contribution in [0.25, 0.3) is 22.5 Å². The lowest BCUT2D eigenvalue weighted by molar-refractivity contribution is -0.138. The van der Waals surface area contributed by atoms with E-state index in [1.165, 1.54) is 44.9 Å². The minimum Gasteiger partial charge on any atom is -0.494 e. The highest BCUT2D eigenvalue weighted by Gasteiger charge is 2.15. The lowest BCUT2D eigenvalue weighted by Gasteiger charge is -2.12. The molecular weight excluding hydrogens is 496 g/mol. The molecule has 1 aromatic heterocycles. The van der Waals surface area contributed by atoms with E-state index >= 15 is 0 Å². The Bertz CT molecular complexity index is 1110. The van der Waals surface area contributed by atoms with Crippen LogP contribution in [0.5, 0.6) is 11.5 Å². The van der Waals surface area contributed by atoms with Crippen molar-refractivity contribution in [2.75, 3.05) is 6.61 Å². The number of benzene rings is 2. The summed E-state index contributed by atoms with van der Waals surface area (Å²) >= 11 is 0. The van der Waals surface area contributed by atoms with Crippen LogP contribution in [-0.2, 0) is 4.79 Å². The minimum atomic E-state index is -0.179. The fourth-order valence-electron chi connectivity index (χ4n) is 4.63. The normalized spacial score (nSPS) is 11.9. The number of aromatic nitrogens is 2. The number of ether oxygens (including phenoxy) is 2. The monoisotopic (exact) mass is 544 g/mol. The van der Waals surface area contributed by atoms with Gasteiger partial charge in [0.2, 0.25) is 0 Å². The van der Waals surface area contributed by atoms with E-state index in [-0.39, 0.29) is 11.9 Å². The summed E-state index contributed by atoms with van der Waals surface area (Å²) in [5.74, 6) is 2.45. The van der Waals surface area contributed by atoms with E-state index in [2.05, 4.69) is 42.9 Å². The SMILES string of the molecule is CCCCCCCCCCOc1ccc(-c2cnc(-c3ccc(OC(=O)C(C)CCCC(C)C)cc3)nc2)cc1. The molecule has 216 valence electrons. The summed E-state index contributed by atoms with van der Waals surface area (Å²) < 4.78 is 11.5. The second kappa shape index (κ2) is 17.5. The topological polar surface area (TPSA) is 61.3 Å². The van der Waals surface area contributed by atoms with Gasteiger partial charge in [-0.25, -0.2) is 9.97 Å². The highest BCUT2D eigenvalue weighted by Crippen LogP contribution is 2.25. The first-order valence-electron chi connectivity index (χ1n) is 15.3. The van der Waals surface area contributed by atoms with E-state index in [0.717, 1.165) is 54.7 Å². The van der Waals surface area contributed by atoms with Crippen molar-refractivity contribution >= 4 is 5.97 Å². The number of nitrogens with zero attached hydrogens (tertiary/aromatic N) is 2. The standard InChI is InChI=1S/C35H48N2O3/c1-5-6-7-8-9-10-11-12-24-39-32-20-16-29(17-21-32)31-25-36-34(37-26-31)30-18-22-33(23-19-30)40-35(38)28(4)15-13-14-27(2)3/h16-23,25-28H,5-15,24H2,1-4H3. The van der Waals surface area contributed by atoms with Gasteiger partial charge in [-0.1, -0.05) is 97.6 Å². The Morgan fingerprint density at radius 3 is 1.88 bits per heavy atom.